The van der Waals surface area contributed by atoms with E-state index >= 15 is 0 Å². The van der Waals surface area contributed by atoms with Gasteiger partial charge in [0, 0.05) is 12.1 Å². The fraction of sp³-hybridized carbons (Fsp3) is 0.0769. The zero-order valence-corrected chi connectivity index (χ0v) is 10.7. The SMILES string of the molecule is Cl.NNc1c(F)cc(F)cc1OCc1ccccc1. The molecular weight excluding hydrogens is 274 g/mol. The van der Waals surface area contributed by atoms with Gasteiger partial charge in [-0.25, -0.2) is 8.78 Å². The Hall–Kier alpha value is -1.85. The van der Waals surface area contributed by atoms with E-state index in [2.05, 4.69) is 5.43 Å². The van der Waals surface area contributed by atoms with Crippen LogP contribution in [0.2, 0.25) is 0 Å². The van der Waals surface area contributed by atoms with Gasteiger partial charge in [-0.3, -0.25) is 5.84 Å². The van der Waals surface area contributed by atoms with Crippen LogP contribution in [0.25, 0.3) is 0 Å². The first-order valence-corrected chi connectivity index (χ1v) is 5.33. The first-order valence-electron chi connectivity index (χ1n) is 5.33. The number of halogens is 3. The molecule has 0 saturated carbocycles. The standard InChI is InChI=1S/C13H12F2N2O.ClH/c14-10-6-11(15)13(17-16)12(7-10)18-8-9-4-2-1-3-5-9;/h1-7,17H,8,16H2;1H. The smallest absolute Gasteiger partial charge is 0.154 e. The zero-order chi connectivity index (χ0) is 13.0. The van der Waals surface area contributed by atoms with Crippen LogP contribution in [-0.2, 0) is 6.61 Å². The Bertz CT molecular complexity index is 538. The summed E-state index contributed by atoms with van der Waals surface area (Å²) in [4.78, 5) is 0. The summed E-state index contributed by atoms with van der Waals surface area (Å²) in [6, 6.07) is 11.1. The fourth-order valence-electron chi connectivity index (χ4n) is 1.54. The number of nitrogen functional groups attached to an aromatic ring is 1. The first-order chi connectivity index (χ1) is 8.70. The average Bonchev–Trinajstić information content (AvgIpc) is 2.37. The van der Waals surface area contributed by atoms with E-state index in [1.165, 1.54) is 0 Å². The molecule has 0 aliphatic carbocycles. The lowest BCUT2D eigenvalue weighted by Crippen LogP contribution is -2.11. The summed E-state index contributed by atoms with van der Waals surface area (Å²) in [5.41, 5.74) is 2.99. The maximum absolute atomic E-state index is 13.4. The van der Waals surface area contributed by atoms with Crippen LogP contribution in [0.5, 0.6) is 5.75 Å². The third-order valence-corrected chi connectivity index (χ3v) is 2.40. The number of benzene rings is 2. The topological polar surface area (TPSA) is 47.3 Å². The predicted molar refractivity (Wildman–Crippen MR) is 72.2 cm³/mol. The summed E-state index contributed by atoms with van der Waals surface area (Å²) in [5, 5.41) is 0. The lowest BCUT2D eigenvalue weighted by molar-refractivity contribution is 0.304. The average molecular weight is 287 g/mol. The van der Waals surface area contributed by atoms with Crippen LogP contribution < -0.4 is 16.0 Å². The number of ether oxygens (including phenoxy) is 1. The highest BCUT2D eigenvalue weighted by Gasteiger charge is 2.11. The maximum Gasteiger partial charge on any atom is 0.154 e. The van der Waals surface area contributed by atoms with Crippen molar-refractivity contribution in [3.63, 3.8) is 0 Å². The molecule has 19 heavy (non-hydrogen) atoms. The van der Waals surface area contributed by atoms with E-state index < -0.39 is 11.6 Å². The minimum absolute atomic E-state index is 0. The van der Waals surface area contributed by atoms with Gasteiger partial charge in [-0.2, -0.15) is 0 Å². The van der Waals surface area contributed by atoms with Gasteiger partial charge >= 0.3 is 0 Å². The molecule has 6 heteroatoms. The summed E-state index contributed by atoms with van der Waals surface area (Å²) >= 11 is 0. The van der Waals surface area contributed by atoms with Gasteiger partial charge < -0.3 is 10.2 Å². The van der Waals surface area contributed by atoms with Gasteiger partial charge in [0.1, 0.15) is 23.9 Å². The molecule has 0 radical (unpaired) electrons. The molecule has 0 aromatic heterocycles. The van der Waals surface area contributed by atoms with Gasteiger partial charge in [0.2, 0.25) is 0 Å². The quantitative estimate of drug-likeness (QED) is 0.670. The summed E-state index contributed by atoms with van der Waals surface area (Å²) in [6.45, 7) is 0.207. The number of anilines is 1. The fourth-order valence-corrected chi connectivity index (χ4v) is 1.54. The van der Waals surface area contributed by atoms with Crippen molar-refractivity contribution < 1.29 is 13.5 Å². The van der Waals surface area contributed by atoms with Gasteiger partial charge in [-0.1, -0.05) is 30.3 Å². The number of nitrogens with one attached hydrogen (secondary N) is 1. The third-order valence-electron chi connectivity index (χ3n) is 2.40. The van der Waals surface area contributed by atoms with Crippen LogP contribution in [0, 0.1) is 11.6 Å². The van der Waals surface area contributed by atoms with E-state index in [-0.39, 0.29) is 30.5 Å². The molecule has 0 amide bonds. The molecule has 0 spiro atoms. The first kappa shape index (κ1) is 15.2. The molecule has 0 unspecified atom stereocenters. The van der Waals surface area contributed by atoms with Crippen LogP contribution >= 0.6 is 12.4 Å². The van der Waals surface area contributed by atoms with Gasteiger partial charge in [-0.05, 0) is 5.56 Å². The molecule has 2 aromatic carbocycles. The van der Waals surface area contributed by atoms with Gasteiger partial charge in [-0.15, -0.1) is 12.4 Å². The molecule has 2 rings (SSSR count). The molecule has 0 atom stereocenters. The highest BCUT2D eigenvalue weighted by Crippen LogP contribution is 2.28. The van der Waals surface area contributed by atoms with Crippen LogP contribution in [0.1, 0.15) is 5.56 Å². The minimum atomic E-state index is -0.791. The third kappa shape index (κ3) is 3.81. The van der Waals surface area contributed by atoms with E-state index in [1.54, 1.807) is 0 Å². The monoisotopic (exact) mass is 286 g/mol. The Morgan fingerprint density at radius 1 is 1.11 bits per heavy atom. The van der Waals surface area contributed by atoms with Gasteiger partial charge in [0.15, 0.2) is 5.82 Å². The van der Waals surface area contributed by atoms with Crippen molar-refractivity contribution in [3.05, 3.63) is 59.7 Å². The second kappa shape index (κ2) is 6.92. The van der Waals surface area contributed by atoms with E-state index in [4.69, 9.17) is 10.6 Å². The van der Waals surface area contributed by atoms with Crippen LogP contribution in [0.3, 0.4) is 0 Å². The lowest BCUT2D eigenvalue weighted by Gasteiger charge is -2.12. The van der Waals surface area contributed by atoms with E-state index in [9.17, 15) is 8.78 Å². The van der Waals surface area contributed by atoms with Gasteiger partial charge in [0.05, 0.1) is 0 Å². The van der Waals surface area contributed by atoms with Crippen molar-refractivity contribution in [2.24, 2.45) is 5.84 Å². The minimum Gasteiger partial charge on any atom is -0.486 e. The molecule has 0 aliphatic heterocycles. The molecule has 0 bridgehead atoms. The molecule has 2 aromatic rings. The molecule has 0 heterocycles. The van der Waals surface area contributed by atoms with E-state index in [0.29, 0.717) is 0 Å². The largest absolute Gasteiger partial charge is 0.486 e. The maximum atomic E-state index is 13.4. The van der Waals surface area contributed by atoms with Crippen LogP contribution in [0.4, 0.5) is 14.5 Å². The van der Waals surface area contributed by atoms with Crippen LogP contribution in [-0.4, -0.2) is 0 Å². The number of hydrogen-bond acceptors (Lipinski definition) is 3. The Kier molecular flexibility index (Phi) is 5.54. The summed E-state index contributed by atoms with van der Waals surface area (Å²) < 4.78 is 31.8. The lowest BCUT2D eigenvalue weighted by atomic mass is 10.2. The molecule has 0 fully saturated rings. The molecule has 102 valence electrons. The second-order valence-corrected chi connectivity index (χ2v) is 3.68. The van der Waals surface area contributed by atoms with Crippen molar-refractivity contribution in [1.82, 2.24) is 0 Å². The second-order valence-electron chi connectivity index (χ2n) is 3.68. The number of hydrazine groups is 1. The molecule has 0 aliphatic rings. The summed E-state index contributed by atoms with van der Waals surface area (Å²) in [6.07, 6.45) is 0. The summed E-state index contributed by atoms with van der Waals surface area (Å²) in [7, 11) is 0. The summed E-state index contributed by atoms with van der Waals surface area (Å²) in [5.74, 6) is 3.71. The number of rotatable bonds is 4. The van der Waals surface area contributed by atoms with Gasteiger partial charge in [0.25, 0.3) is 0 Å². The molecule has 3 nitrogen and oxygen atoms in total. The highest BCUT2D eigenvalue weighted by molar-refractivity contribution is 5.85. The number of nitrogens with two attached hydrogens (primary N) is 1. The van der Waals surface area contributed by atoms with E-state index in [0.717, 1.165) is 17.7 Å². The normalized spacial score (nSPS) is 9.63. The highest BCUT2D eigenvalue weighted by atomic mass is 35.5. The van der Waals surface area contributed by atoms with Crippen molar-refractivity contribution in [2.45, 2.75) is 6.61 Å². The van der Waals surface area contributed by atoms with Crippen molar-refractivity contribution >= 4 is 18.1 Å². The Labute approximate surface area is 115 Å². The van der Waals surface area contributed by atoms with Crippen molar-refractivity contribution in [3.8, 4) is 5.75 Å². The van der Waals surface area contributed by atoms with Crippen molar-refractivity contribution in [1.29, 1.82) is 0 Å². The van der Waals surface area contributed by atoms with Crippen molar-refractivity contribution in [2.75, 3.05) is 5.43 Å². The number of hydrogen-bond donors (Lipinski definition) is 2. The Balaban J connectivity index is 0.00000180. The van der Waals surface area contributed by atoms with E-state index in [1.807, 2.05) is 30.3 Å². The zero-order valence-electron chi connectivity index (χ0n) is 9.90. The molecule has 0 saturated heterocycles. The molecule has 3 N–H and O–H groups in total. The Morgan fingerprint density at radius 3 is 2.42 bits per heavy atom. The van der Waals surface area contributed by atoms with Crippen LogP contribution in [0.15, 0.2) is 42.5 Å². The molecular formula is C13H13ClF2N2O. The Morgan fingerprint density at radius 2 is 1.79 bits per heavy atom. The predicted octanol–water partition coefficient (Wildman–Crippen LogP) is 3.25.